The maximum atomic E-state index is 6.12. The first-order valence-corrected chi connectivity index (χ1v) is 36.6. The predicted octanol–water partition coefficient (Wildman–Crippen LogP) is 18.6. The van der Waals surface area contributed by atoms with Crippen molar-refractivity contribution in [1.82, 2.24) is 58.7 Å². The highest BCUT2D eigenvalue weighted by atomic mass is 35.5. The second-order valence-electron chi connectivity index (χ2n) is 27.1. The minimum absolute atomic E-state index is 0. The normalized spacial score (nSPS) is 13.7. The van der Waals surface area contributed by atoms with Crippen LogP contribution in [0.3, 0.4) is 0 Å². The number of ether oxygens (including phenoxy) is 4. The first kappa shape index (κ1) is 83.5. The molecule has 16 nitrogen and oxygen atoms in total. The Morgan fingerprint density at radius 2 is 0.600 bits per heavy atom. The summed E-state index contributed by atoms with van der Waals surface area (Å²) in [6.07, 6.45) is 12.7. The molecule has 562 valence electrons. The van der Waals surface area contributed by atoms with Gasteiger partial charge >= 0.3 is 0 Å². The van der Waals surface area contributed by atoms with Crippen molar-refractivity contribution >= 4 is 68.4 Å². The molecule has 0 N–H and O–H groups in total. The average Bonchev–Trinajstić information content (AvgIpc) is 1.68. The van der Waals surface area contributed by atoms with Gasteiger partial charge in [0.2, 0.25) is 23.5 Å². The maximum absolute atomic E-state index is 6.12. The van der Waals surface area contributed by atoms with Crippen LogP contribution in [0, 0.1) is 13.8 Å². The zero-order valence-electron chi connectivity index (χ0n) is 60.2. The van der Waals surface area contributed by atoms with Gasteiger partial charge in [0, 0.05) is 26.2 Å². The number of piperidine rings is 2. The van der Waals surface area contributed by atoms with E-state index in [9.17, 15) is 0 Å². The summed E-state index contributed by atoms with van der Waals surface area (Å²) >= 11 is 0. The van der Waals surface area contributed by atoms with Crippen LogP contribution < -0.4 is 18.9 Å². The number of nitrogens with zero attached hydrogens (tertiary/aromatic N) is 12. The molecule has 0 radical (unpaired) electrons. The van der Waals surface area contributed by atoms with Gasteiger partial charge in [0.05, 0.1) is 83.0 Å². The van der Waals surface area contributed by atoms with Gasteiger partial charge in [-0.05, 0) is 189 Å². The highest BCUT2D eigenvalue weighted by molar-refractivity contribution is 5.87. The molecule has 12 aromatic rings. The van der Waals surface area contributed by atoms with E-state index in [1.54, 1.807) is 0 Å². The predicted molar refractivity (Wildman–Crippen MR) is 441 cm³/mol. The van der Waals surface area contributed by atoms with Crippen molar-refractivity contribution in [3.63, 3.8) is 0 Å². The number of hydrogen-bond donors (Lipinski definition) is 0. The van der Waals surface area contributed by atoms with Crippen LogP contribution in [-0.4, -0.2) is 165 Å². The fraction of sp³-hybridized carbons (Fsp3) is 0.402. The van der Waals surface area contributed by atoms with E-state index in [4.69, 9.17) is 39.3 Å². The van der Waals surface area contributed by atoms with Crippen molar-refractivity contribution in [3.8, 4) is 23.5 Å². The van der Waals surface area contributed by atoms with E-state index in [0.717, 1.165) is 139 Å². The molecule has 18 heteroatoms. The molecule has 3 fully saturated rings. The van der Waals surface area contributed by atoms with Crippen molar-refractivity contribution in [2.45, 2.75) is 127 Å². The molecule has 105 heavy (non-hydrogen) atoms. The van der Waals surface area contributed by atoms with Gasteiger partial charge in [-0.15, -0.1) is 45.2 Å². The summed E-state index contributed by atoms with van der Waals surface area (Å²) in [5.41, 5.74) is 11.9. The average molecular weight is 1460 g/mol. The molecule has 7 heterocycles. The van der Waals surface area contributed by atoms with Crippen LogP contribution in [-0.2, 0) is 26.2 Å². The van der Waals surface area contributed by atoms with Crippen LogP contribution in [0.2, 0.25) is 0 Å². The quantitative estimate of drug-likeness (QED) is 0.0480. The summed E-state index contributed by atoms with van der Waals surface area (Å²) in [5, 5.41) is 23.4. The molecule has 0 spiro atoms. The molecule has 4 aromatic heterocycles. The fourth-order valence-electron chi connectivity index (χ4n) is 13.6. The molecule has 0 unspecified atom stereocenters. The Labute approximate surface area is 638 Å². The second kappa shape index (κ2) is 43.6. The van der Waals surface area contributed by atoms with E-state index in [1.807, 2.05) is 50.4 Å². The Kier molecular flexibility index (Phi) is 34.7. The van der Waals surface area contributed by atoms with E-state index < -0.39 is 0 Å². The van der Waals surface area contributed by atoms with Gasteiger partial charge in [-0.3, -0.25) is 28.5 Å². The Morgan fingerprint density at radius 1 is 0.314 bits per heavy atom. The summed E-state index contributed by atoms with van der Waals surface area (Å²) in [6.45, 7) is 21.5. The number of halogens is 2. The van der Waals surface area contributed by atoms with Crippen LogP contribution >= 0.6 is 24.8 Å². The lowest BCUT2D eigenvalue weighted by Gasteiger charge is -2.25. The second-order valence-corrected chi connectivity index (χ2v) is 27.1. The van der Waals surface area contributed by atoms with Crippen molar-refractivity contribution in [1.29, 1.82) is 0 Å². The van der Waals surface area contributed by atoms with Crippen molar-refractivity contribution in [3.05, 3.63) is 240 Å². The summed E-state index contributed by atoms with van der Waals surface area (Å²) in [7, 11) is 4.15. The SMILES string of the molecule is C.C.C.Cc1ccc2c(c1)c(OCCCN(C)C)nn2Cc1ccccc1.Cc1ccc2c(c1)c(OCCN1CCCCC1)nn2Cc1ccccc1.Cl.Cl.c1ccc(Cn2nc(OCCCN3CCCC3)c3ccccc32)cc1.c1ccc(Cn2nc(OCCN3CCCCC3)c3ccccc32)cc1. The highest BCUT2D eigenvalue weighted by Crippen LogP contribution is 2.31. The molecule has 0 amide bonds. The van der Waals surface area contributed by atoms with Gasteiger partial charge in [0.25, 0.3) is 0 Å². The zero-order chi connectivity index (χ0) is 68.5. The zero-order valence-corrected chi connectivity index (χ0v) is 61.9. The van der Waals surface area contributed by atoms with Gasteiger partial charge in [0.1, 0.15) is 13.2 Å². The van der Waals surface area contributed by atoms with Crippen molar-refractivity contribution < 1.29 is 18.9 Å². The summed E-state index contributed by atoms with van der Waals surface area (Å²) in [5.74, 6) is 3.01. The third kappa shape index (κ3) is 24.4. The molecule has 0 saturated carbocycles. The lowest BCUT2D eigenvalue weighted by molar-refractivity contribution is 0.180. The van der Waals surface area contributed by atoms with E-state index in [-0.39, 0.29) is 47.1 Å². The standard InChI is InChI=1S/C22H27N3O.2C21H25N3O.C20H25N3O.3CH4.2ClH/c1-18-10-11-21-20(16-18)22(26-15-14-24-12-6-3-7-13-24)23-25(21)17-19-8-4-2-5-9-19;1-3-9-18(10-4-1)17-24-20-12-6-5-11-19(20)21(22-24)25-16-15-23-13-7-2-8-14-23;1-2-9-18(10-3-1)17-24-20-12-5-4-11-19(20)21(22-24)25-16-8-15-23-13-6-7-14-23;1-16-10-11-19-18(14-16)20(24-13-7-12-22(2)3)21-23(19)15-17-8-5-4-6-9-17;;;;;/h2,4-5,8-11,16H,3,6-7,12-15,17H2,1H3;1,3-6,9-12H,2,7-8,13-17H2;1-5,9-12H,6-8,13-17H2;4-6,8-11,14H,7,12-13,15H2,1-3H3;3*1H4;2*1H. The minimum atomic E-state index is 0. The Hall–Kier alpha value is -8.74. The van der Waals surface area contributed by atoms with Crippen LogP contribution in [0.4, 0.5) is 0 Å². The number of hydrogen-bond acceptors (Lipinski definition) is 12. The third-order valence-corrected chi connectivity index (χ3v) is 18.9. The third-order valence-electron chi connectivity index (χ3n) is 18.9. The lowest BCUT2D eigenvalue weighted by Crippen LogP contribution is -2.33. The minimum Gasteiger partial charge on any atom is -0.476 e. The molecule has 15 rings (SSSR count). The number of likely N-dealkylation sites (tertiary alicyclic amines) is 3. The van der Waals surface area contributed by atoms with Gasteiger partial charge in [-0.1, -0.05) is 204 Å². The largest absolute Gasteiger partial charge is 0.476 e. The topological polar surface area (TPSA) is 121 Å². The highest BCUT2D eigenvalue weighted by Gasteiger charge is 2.19. The van der Waals surface area contributed by atoms with E-state index in [2.05, 4.69) is 222 Å². The number of para-hydroxylation sites is 2. The molecule has 3 aliphatic rings. The molecule has 3 saturated heterocycles. The van der Waals surface area contributed by atoms with Crippen LogP contribution in [0.1, 0.15) is 120 Å². The van der Waals surface area contributed by atoms with Crippen LogP contribution in [0.15, 0.2) is 206 Å². The van der Waals surface area contributed by atoms with E-state index in [0.29, 0.717) is 19.8 Å². The molecule has 0 aliphatic carbocycles. The molecule has 8 aromatic carbocycles. The van der Waals surface area contributed by atoms with Crippen molar-refractivity contribution in [2.24, 2.45) is 0 Å². The van der Waals surface area contributed by atoms with Gasteiger partial charge in [0.15, 0.2) is 0 Å². The first-order chi connectivity index (χ1) is 49.2. The summed E-state index contributed by atoms with van der Waals surface area (Å²) in [4.78, 5) is 9.68. The Morgan fingerprint density at radius 3 is 0.952 bits per heavy atom. The molecular formula is C87H116Cl2N12O4. The number of fused-ring (bicyclic) bond motifs is 4. The molecule has 3 aliphatic heterocycles. The van der Waals surface area contributed by atoms with Gasteiger partial charge in [-0.2, -0.15) is 0 Å². The fourth-order valence-corrected chi connectivity index (χ4v) is 13.6. The number of aryl methyl sites for hydroxylation is 2. The monoisotopic (exact) mass is 1460 g/mol. The van der Waals surface area contributed by atoms with Gasteiger partial charge < -0.3 is 28.7 Å². The summed E-state index contributed by atoms with van der Waals surface area (Å²) in [6, 6.07) is 71.3. The Bertz CT molecular complexity index is 4400. The van der Waals surface area contributed by atoms with Gasteiger partial charge in [-0.25, -0.2) is 0 Å². The molecule has 0 bridgehead atoms. The molecule has 0 atom stereocenters. The Balaban J connectivity index is 0.000000193. The molecular weight excluding hydrogens is 1350 g/mol. The summed E-state index contributed by atoms with van der Waals surface area (Å²) < 4.78 is 32.4. The number of benzene rings is 8. The smallest absolute Gasteiger partial charge is 0.240 e. The maximum Gasteiger partial charge on any atom is 0.240 e. The lowest BCUT2D eigenvalue weighted by atomic mass is 10.1. The first-order valence-electron chi connectivity index (χ1n) is 36.6. The number of rotatable bonds is 26. The van der Waals surface area contributed by atoms with Crippen molar-refractivity contribution in [2.75, 3.05) is 106 Å². The van der Waals surface area contributed by atoms with E-state index in [1.165, 1.54) is 124 Å². The number of aromatic nitrogens is 8. The van der Waals surface area contributed by atoms with Crippen LogP contribution in [0.25, 0.3) is 43.6 Å². The van der Waals surface area contributed by atoms with E-state index >= 15 is 0 Å². The van der Waals surface area contributed by atoms with Crippen LogP contribution in [0.5, 0.6) is 23.5 Å².